The zero-order valence-electron chi connectivity index (χ0n) is 12.2. The molecule has 1 aromatic rings. The first-order valence-electron chi connectivity index (χ1n) is 6.35. The number of halogens is 1. The highest BCUT2D eigenvalue weighted by Crippen LogP contribution is 2.23. The molecule has 0 amide bonds. The number of sulfonamides is 1. The quantitative estimate of drug-likeness (QED) is 0.784. The molecule has 3 N–H and O–H groups in total. The van der Waals surface area contributed by atoms with Crippen LogP contribution in [0.25, 0.3) is 0 Å². The average molecular weight is 320 g/mol. The Labute approximate surface area is 126 Å². The minimum atomic E-state index is -3.66. The minimum absolute atomic E-state index is 0.0614. The van der Waals surface area contributed by atoms with Gasteiger partial charge in [-0.2, -0.15) is 0 Å². The SMILES string of the molecule is CC(C)C(CN(C)C)NS(=O)(=O)c1ccc(Cl)cc1N. The molecule has 1 aromatic carbocycles. The second kappa shape index (κ2) is 6.76. The van der Waals surface area contributed by atoms with Crippen LogP contribution < -0.4 is 10.5 Å². The van der Waals surface area contributed by atoms with E-state index in [0.717, 1.165) is 0 Å². The molecule has 0 aliphatic heterocycles. The minimum Gasteiger partial charge on any atom is -0.398 e. The maximum absolute atomic E-state index is 12.4. The van der Waals surface area contributed by atoms with E-state index in [2.05, 4.69) is 4.72 Å². The monoisotopic (exact) mass is 319 g/mol. The number of likely N-dealkylation sites (N-methyl/N-ethyl adjacent to an activating group) is 1. The van der Waals surface area contributed by atoms with Crippen molar-refractivity contribution in [2.45, 2.75) is 24.8 Å². The Morgan fingerprint density at radius 2 is 1.95 bits per heavy atom. The van der Waals surface area contributed by atoms with Crippen LogP contribution in [0.3, 0.4) is 0 Å². The van der Waals surface area contributed by atoms with Crippen molar-refractivity contribution in [3.05, 3.63) is 23.2 Å². The number of nitrogen functional groups attached to an aromatic ring is 1. The lowest BCUT2D eigenvalue weighted by atomic mass is 10.1. The van der Waals surface area contributed by atoms with Crippen LogP contribution in [-0.4, -0.2) is 40.0 Å². The number of nitrogens with two attached hydrogens (primary N) is 1. The van der Waals surface area contributed by atoms with Crippen molar-refractivity contribution >= 4 is 27.3 Å². The van der Waals surface area contributed by atoms with E-state index in [9.17, 15) is 8.42 Å². The van der Waals surface area contributed by atoms with Gasteiger partial charge < -0.3 is 10.6 Å². The summed E-state index contributed by atoms with van der Waals surface area (Å²) < 4.78 is 27.5. The van der Waals surface area contributed by atoms with E-state index < -0.39 is 10.0 Å². The lowest BCUT2D eigenvalue weighted by Gasteiger charge is -2.25. The van der Waals surface area contributed by atoms with Crippen LogP contribution >= 0.6 is 11.6 Å². The molecule has 0 aliphatic rings. The van der Waals surface area contributed by atoms with Crippen molar-refractivity contribution in [3.8, 4) is 0 Å². The van der Waals surface area contributed by atoms with Gasteiger partial charge >= 0.3 is 0 Å². The maximum Gasteiger partial charge on any atom is 0.242 e. The molecule has 0 aliphatic carbocycles. The van der Waals surface area contributed by atoms with Gasteiger partial charge in [0.15, 0.2) is 0 Å². The van der Waals surface area contributed by atoms with Gasteiger partial charge in [-0.1, -0.05) is 25.4 Å². The third-order valence-corrected chi connectivity index (χ3v) is 4.73. The van der Waals surface area contributed by atoms with Gasteiger partial charge in [0, 0.05) is 17.6 Å². The van der Waals surface area contributed by atoms with Crippen LogP contribution in [0.15, 0.2) is 23.1 Å². The first-order valence-corrected chi connectivity index (χ1v) is 8.21. The Morgan fingerprint density at radius 1 is 1.35 bits per heavy atom. The molecule has 1 atom stereocenters. The van der Waals surface area contributed by atoms with Crippen molar-refractivity contribution in [1.29, 1.82) is 0 Å². The zero-order chi connectivity index (χ0) is 15.5. The van der Waals surface area contributed by atoms with Crippen molar-refractivity contribution in [2.24, 2.45) is 5.92 Å². The second-order valence-corrected chi connectivity index (χ2v) is 7.54. The molecule has 0 saturated carbocycles. The summed E-state index contributed by atoms with van der Waals surface area (Å²) >= 11 is 5.79. The van der Waals surface area contributed by atoms with E-state index in [4.69, 9.17) is 17.3 Å². The Hall–Kier alpha value is -0.820. The number of nitrogens with one attached hydrogen (secondary N) is 1. The number of hydrogen-bond donors (Lipinski definition) is 2. The molecule has 0 spiro atoms. The normalized spacial score (nSPS) is 13.9. The Kier molecular flexibility index (Phi) is 5.82. The molecule has 1 unspecified atom stereocenters. The fourth-order valence-electron chi connectivity index (χ4n) is 1.80. The molecule has 20 heavy (non-hydrogen) atoms. The summed E-state index contributed by atoms with van der Waals surface area (Å²) in [5, 5.41) is 0.412. The van der Waals surface area contributed by atoms with Crippen LogP contribution in [0, 0.1) is 5.92 Å². The lowest BCUT2D eigenvalue weighted by Crippen LogP contribution is -2.45. The van der Waals surface area contributed by atoms with Crippen LogP contribution in [-0.2, 0) is 10.0 Å². The highest BCUT2D eigenvalue weighted by atomic mass is 35.5. The molecule has 0 radical (unpaired) electrons. The maximum atomic E-state index is 12.4. The van der Waals surface area contributed by atoms with Gasteiger partial charge in [0.25, 0.3) is 0 Å². The summed E-state index contributed by atoms with van der Waals surface area (Å²) in [5.74, 6) is 0.167. The molecule has 5 nitrogen and oxygen atoms in total. The predicted molar refractivity (Wildman–Crippen MR) is 83.4 cm³/mol. The van der Waals surface area contributed by atoms with Gasteiger partial charge in [0.1, 0.15) is 4.90 Å². The Balaban J connectivity index is 3.03. The zero-order valence-corrected chi connectivity index (χ0v) is 13.8. The smallest absolute Gasteiger partial charge is 0.242 e. The van der Waals surface area contributed by atoms with Crippen LogP contribution in [0.1, 0.15) is 13.8 Å². The molecule has 1 rings (SSSR count). The van der Waals surface area contributed by atoms with Gasteiger partial charge in [-0.25, -0.2) is 13.1 Å². The molecule has 0 fully saturated rings. The summed E-state index contributed by atoms with van der Waals surface area (Å²) in [7, 11) is 0.148. The third-order valence-electron chi connectivity index (χ3n) is 2.93. The Bertz CT molecular complexity index is 559. The summed E-state index contributed by atoms with van der Waals surface area (Å²) in [5.41, 5.74) is 5.90. The van der Waals surface area contributed by atoms with Crippen molar-refractivity contribution in [1.82, 2.24) is 9.62 Å². The fourth-order valence-corrected chi connectivity index (χ4v) is 3.47. The van der Waals surface area contributed by atoms with E-state index in [-0.39, 0.29) is 22.5 Å². The molecule has 0 aromatic heterocycles. The van der Waals surface area contributed by atoms with E-state index in [1.165, 1.54) is 18.2 Å². The molecule has 0 heterocycles. The summed E-state index contributed by atoms with van der Waals surface area (Å²) in [4.78, 5) is 2.00. The van der Waals surface area contributed by atoms with E-state index in [0.29, 0.717) is 11.6 Å². The molecule has 0 bridgehead atoms. The number of anilines is 1. The molecule has 114 valence electrons. The summed E-state index contributed by atoms with van der Waals surface area (Å²) in [6.07, 6.45) is 0. The largest absolute Gasteiger partial charge is 0.398 e. The van der Waals surface area contributed by atoms with E-state index in [1.807, 2.05) is 32.8 Å². The fraction of sp³-hybridized carbons (Fsp3) is 0.538. The summed E-state index contributed by atoms with van der Waals surface area (Å²) in [6.45, 7) is 4.56. The summed E-state index contributed by atoms with van der Waals surface area (Å²) in [6, 6.07) is 4.19. The highest BCUT2D eigenvalue weighted by molar-refractivity contribution is 7.89. The van der Waals surface area contributed by atoms with Gasteiger partial charge in [0.05, 0.1) is 5.69 Å². The van der Waals surface area contributed by atoms with Gasteiger partial charge in [-0.15, -0.1) is 0 Å². The molecule has 7 heteroatoms. The van der Waals surface area contributed by atoms with Gasteiger partial charge in [0.2, 0.25) is 10.0 Å². The van der Waals surface area contributed by atoms with Crippen molar-refractivity contribution in [2.75, 3.05) is 26.4 Å². The van der Waals surface area contributed by atoms with Crippen LogP contribution in [0.2, 0.25) is 5.02 Å². The number of hydrogen-bond acceptors (Lipinski definition) is 4. The molecular formula is C13H22ClN3O2S. The average Bonchev–Trinajstić information content (AvgIpc) is 2.26. The third kappa shape index (κ3) is 4.63. The first-order chi connectivity index (χ1) is 9.13. The van der Waals surface area contributed by atoms with E-state index in [1.54, 1.807) is 0 Å². The topological polar surface area (TPSA) is 75.4 Å². The predicted octanol–water partition coefficient (Wildman–Crippen LogP) is 1.79. The van der Waals surface area contributed by atoms with Gasteiger partial charge in [-0.05, 0) is 38.2 Å². The van der Waals surface area contributed by atoms with Gasteiger partial charge in [-0.3, -0.25) is 0 Å². The number of benzene rings is 1. The Morgan fingerprint density at radius 3 is 2.40 bits per heavy atom. The highest BCUT2D eigenvalue weighted by Gasteiger charge is 2.24. The lowest BCUT2D eigenvalue weighted by molar-refractivity contribution is 0.314. The van der Waals surface area contributed by atoms with Crippen LogP contribution in [0.5, 0.6) is 0 Å². The first kappa shape index (κ1) is 17.2. The second-order valence-electron chi connectivity index (χ2n) is 5.42. The van der Waals surface area contributed by atoms with E-state index >= 15 is 0 Å². The van der Waals surface area contributed by atoms with Crippen LogP contribution in [0.4, 0.5) is 5.69 Å². The number of nitrogens with zero attached hydrogens (tertiary/aromatic N) is 1. The molecular weight excluding hydrogens is 298 g/mol. The number of rotatable bonds is 6. The molecule has 0 saturated heterocycles. The van der Waals surface area contributed by atoms with Crippen molar-refractivity contribution in [3.63, 3.8) is 0 Å². The van der Waals surface area contributed by atoms with Crippen molar-refractivity contribution < 1.29 is 8.42 Å². The standard InChI is InChI=1S/C13H22ClN3O2S/c1-9(2)12(8-17(3)4)16-20(18,19)13-6-5-10(14)7-11(13)15/h5-7,9,12,16H,8,15H2,1-4H3.